The van der Waals surface area contributed by atoms with Crippen LogP contribution in [0.3, 0.4) is 0 Å². The van der Waals surface area contributed by atoms with Gasteiger partial charge >= 0.3 is 0 Å². The van der Waals surface area contributed by atoms with E-state index in [1.54, 1.807) is 15.3 Å². The first-order chi connectivity index (χ1) is 21.5. The first-order valence-corrected chi connectivity index (χ1v) is 14.6. The molecular weight excluding hydrogens is 566 g/mol. The van der Waals surface area contributed by atoms with Crippen LogP contribution in [0.15, 0.2) is 54.9 Å². The summed E-state index contributed by atoms with van der Waals surface area (Å²) in [5.74, 6) is 0.942. The van der Waals surface area contributed by atoms with Gasteiger partial charge in [-0.25, -0.2) is 15.4 Å². The van der Waals surface area contributed by atoms with Crippen LogP contribution < -0.4 is 19.9 Å². The Kier molecular flexibility index (Phi) is 6.15. The molecule has 4 aromatic rings. The summed E-state index contributed by atoms with van der Waals surface area (Å²) in [7, 11) is 0. The minimum atomic E-state index is -0.680. The molecule has 3 N–H and O–H groups in total. The zero-order valence-corrected chi connectivity index (χ0v) is 23.6. The molecular formula is C31H29N7O6. The number of hydrogen-bond acceptors (Lipinski definition) is 9. The predicted molar refractivity (Wildman–Crippen MR) is 155 cm³/mol. The quantitative estimate of drug-likeness (QED) is 0.238. The normalized spacial score (nSPS) is 21.4. The number of ether oxygens (including phenoxy) is 2. The van der Waals surface area contributed by atoms with Crippen LogP contribution in [0, 0.1) is 0 Å². The molecule has 8 rings (SSSR count). The number of para-hydroxylation sites is 1. The number of piperidine rings is 1. The van der Waals surface area contributed by atoms with E-state index in [1.807, 2.05) is 41.3 Å². The minimum absolute atomic E-state index is 0.0120. The van der Waals surface area contributed by atoms with Gasteiger partial charge in [-0.05, 0) is 42.2 Å². The average molecular weight is 596 g/mol. The monoisotopic (exact) mass is 595 g/mol. The third-order valence-corrected chi connectivity index (χ3v) is 9.20. The predicted octanol–water partition coefficient (Wildman–Crippen LogP) is 2.16. The Balaban J connectivity index is 1.07. The second-order valence-corrected chi connectivity index (χ2v) is 11.5. The van der Waals surface area contributed by atoms with Gasteiger partial charge in [0.2, 0.25) is 24.6 Å². The van der Waals surface area contributed by atoms with Gasteiger partial charge in [-0.3, -0.25) is 19.6 Å². The van der Waals surface area contributed by atoms with Crippen molar-refractivity contribution in [2.45, 2.75) is 37.4 Å². The molecule has 3 amide bonds. The summed E-state index contributed by atoms with van der Waals surface area (Å²) in [5, 5.41) is 9.88. The number of nitrogens with one attached hydrogen (secondary N) is 2. The highest BCUT2D eigenvalue weighted by molar-refractivity contribution is 5.98. The number of aromatic amines is 1. The summed E-state index contributed by atoms with van der Waals surface area (Å²) >= 11 is 0. The van der Waals surface area contributed by atoms with Gasteiger partial charge < -0.3 is 29.2 Å². The lowest BCUT2D eigenvalue weighted by atomic mass is 9.85. The van der Waals surface area contributed by atoms with Crippen molar-refractivity contribution < 1.29 is 29.1 Å². The number of anilines is 1. The van der Waals surface area contributed by atoms with Gasteiger partial charge in [0, 0.05) is 54.5 Å². The smallest absolute Gasteiger partial charge is 0.277 e. The SMILES string of the molecule is O=C(NO)c1cnc(N2CCC(N3CC(=O)N4C(Cc5c([nH]c6ccccc56)C4c4ccc5c(c4)OCO5)C3=O)CC2)nc1. The highest BCUT2D eigenvalue weighted by atomic mass is 16.7. The highest BCUT2D eigenvalue weighted by Gasteiger charge is 2.50. The summed E-state index contributed by atoms with van der Waals surface area (Å²) < 4.78 is 11.2. The van der Waals surface area contributed by atoms with Crippen molar-refractivity contribution >= 4 is 34.6 Å². The number of nitrogens with zero attached hydrogens (tertiary/aromatic N) is 5. The van der Waals surface area contributed by atoms with E-state index < -0.39 is 18.0 Å². The average Bonchev–Trinajstić information content (AvgIpc) is 3.69. The number of rotatable bonds is 4. The lowest BCUT2D eigenvalue weighted by Gasteiger charge is -2.49. The van der Waals surface area contributed by atoms with Gasteiger partial charge in [0.15, 0.2) is 11.5 Å². The number of carbonyl (C=O) groups is 3. The zero-order valence-electron chi connectivity index (χ0n) is 23.6. The van der Waals surface area contributed by atoms with Gasteiger partial charge in [-0.1, -0.05) is 24.3 Å². The number of benzene rings is 2. The van der Waals surface area contributed by atoms with Crippen molar-refractivity contribution in [2.24, 2.45) is 0 Å². The Morgan fingerprint density at radius 1 is 1.02 bits per heavy atom. The number of amides is 3. The van der Waals surface area contributed by atoms with E-state index in [1.165, 1.54) is 12.4 Å². The van der Waals surface area contributed by atoms with Crippen molar-refractivity contribution in [1.82, 2.24) is 30.2 Å². The molecule has 0 bridgehead atoms. The molecule has 13 heteroatoms. The molecule has 6 heterocycles. The lowest BCUT2D eigenvalue weighted by Crippen LogP contribution is -2.65. The van der Waals surface area contributed by atoms with Crippen molar-refractivity contribution in [1.29, 1.82) is 0 Å². The van der Waals surface area contributed by atoms with Crippen LogP contribution in [-0.2, 0) is 16.0 Å². The molecule has 2 saturated heterocycles. The van der Waals surface area contributed by atoms with E-state index in [9.17, 15) is 14.4 Å². The molecule has 44 heavy (non-hydrogen) atoms. The molecule has 0 radical (unpaired) electrons. The summed E-state index contributed by atoms with van der Waals surface area (Å²) in [6.07, 6.45) is 4.46. The maximum Gasteiger partial charge on any atom is 0.277 e. The largest absolute Gasteiger partial charge is 0.454 e. The molecule has 2 atom stereocenters. The number of hydroxylamine groups is 1. The van der Waals surface area contributed by atoms with Crippen LogP contribution in [-0.4, -0.2) is 86.2 Å². The standard InChI is InChI=1S/C31H29N7O6/c39-26-15-37(19-7-9-36(10-8-19)31-32-13-18(14-33-31)29(40)35-42)30(41)23-12-21-20-3-1-2-4-22(20)34-27(21)28(38(23)26)17-5-6-24-25(11-17)44-16-43-24/h1-6,11,13-14,19,23,28,34,42H,7-10,12,15-16H2,(H,35,40). The minimum Gasteiger partial charge on any atom is -0.454 e. The van der Waals surface area contributed by atoms with Crippen LogP contribution in [0.25, 0.3) is 10.9 Å². The molecule has 13 nitrogen and oxygen atoms in total. The molecule has 4 aliphatic heterocycles. The van der Waals surface area contributed by atoms with E-state index in [4.69, 9.17) is 14.7 Å². The summed E-state index contributed by atoms with van der Waals surface area (Å²) in [6.45, 7) is 1.35. The number of fused-ring (bicyclic) bond motifs is 5. The van der Waals surface area contributed by atoms with E-state index in [-0.39, 0.29) is 36.8 Å². The van der Waals surface area contributed by atoms with Crippen molar-refractivity contribution in [3.8, 4) is 11.5 Å². The third-order valence-electron chi connectivity index (χ3n) is 9.20. The fraction of sp³-hybridized carbons (Fsp3) is 0.323. The van der Waals surface area contributed by atoms with Gasteiger partial charge in [0.25, 0.3) is 5.91 Å². The molecule has 0 aliphatic carbocycles. The van der Waals surface area contributed by atoms with Crippen molar-refractivity contribution in [2.75, 3.05) is 31.3 Å². The van der Waals surface area contributed by atoms with Gasteiger partial charge in [-0.2, -0.15) is 0 Å². The van der Waals surface area contributed by atoms with Gasteiger partial charge in [-0.15, -0.1) is 0 Å². The fourth-order valence-electron chi connectivity index (χ4n) is 7.07. The molecule has 0 spiro atoms. The van der Waals surface area contributed by atoms with E-state index in [2.05, 4.69) is 21.0 Å². The van der Waals surface area contributed by atoms with Gasteiger partial charge in [0.1, 0.15) is 12.6 Å². The summed E-state index contributed by atoms with van der Waals surface area (Å²) in [4.78, 5) is 57.6. The molecule has 2 fully saturated rings. The lowest BCUT2D eigenvalue weighted by molar-refractivity contribution is -0.161. The first kappa shape index (κ1) is 26.5. The Hall–Kier alpha value is -5.17. The van der Waals surface area contributed by atoms with E-state index in [0.717, 1.165) is 27.7 Å². The molecule has 224 valence electrons. The summed E-state index contributed by atoms with van der Waals surface area (Å²) in [5.41, 5.74) is 5.53. The third kappa shape index (κ3) is 4.14. The molecule has 4 aliphatic rings. The van der Waals surface area contributed by atoms with Crippen molar-refractivity contribution in [3.63, 3.8) is 0 Å². The van der Waals surface area contributed by atoms with Crippen molar-refractivity contribution in [3.05, 3.63) is 77.2 Å². The highest BCUT2D eigenvalue weighted by Crippen LogP contribution is 2.45. The number of piperazine rings is 1. The molecule has 0 saturated carbocycles. The number of carbonyl (C=O) groups excluding carboxylic acids is 3. The number of aromatic nitrogens is 3. The molecule has 2 aromatic carbocycles. The Morgan fingerprint density at radius 2 is 1.80 bits per heavy atom. The Bertz CT molecular complexity index is 1800. The Labute approximate surface area is 251 Å². The van der Waals surface area contributed by atoms with E-state index in [0.29, 0.717) is 49.8 Å². The van der Waals surface area contributed by atoms with Crippen LogP contribution in [0.5, 0.6) is 11.5 Å². The second kappa shape index (κ2) is 10.2. The van der Waals surface area contributed by atoms with Crippen LogP contribution in [0.1, 0.15) is 46.1 Å². The fourth-order valence-corrected chi connectivity index (χ4v) is 7.07. The molecule has 2 unspecified atom stereocenters. The van der Waals surface area contributed by atoms with Crippen LogP contribution in [0.4, 0.5) is 5.95 Å². The zero-order chi connectivity index (χ0) is 29.9. The maximum absolute atomic E-state index is 14.3. The Morgan fingerprint density at radius 3 is 2.59 bits per heavy atom. The summed E-state index contributed by atoms with van der Waals surface area (Å²) in [6, 6.07) is 12.6. The van der Waals surface area contributed by atoms with Crippen LogP contribution in [0.2, 0.25) is 0 Å². The van der Waals surface area contributed by atoms with Crippen LogP contribution >= 0.6 is 0 Å². The second-order valence-electron chi connectivity index (χ2n) is 11.5. The van der Waals surface area contributed by atoms with Gasteiger partial charge in [0.05, 0.1) is 11.6 Å². The maximum atomic E-state index is 14.3. The number of hydrogen-bond donors (Lipinski definition) is 3. The molecule has 2 aromatic heterocycles. The first-order valence-electron chi connectivity index (χ1n) is 14.6. The number of H-pyrrole nitrogens is 1. The van der Waals surface area contributed by atoms with E-state index >= 15 is 0 Å². The topological polar surface area (TPSA) is 153 Å².